The van der Waals surface area contributed by atoms with Crippen LogP contribution in [0, 0.1) is 17.3 Å². The third-order valence-electron chi connectivity index (χ3n) is 9.88. The highest BCUT2D eigenvalue weighted by molar-refractivity contribution is 5.78. The Kier molecular flexibility index (Phi) is 4.03. The van der Waals surface area contributed by atoms with Crippen molar-refractivity contribution in [2.24, 2.45) is 17.3 Å². The van der Waals surface area contributed by atoms with E-state index in [2.05, 4.69) is 29.2 Å². The quantitative estimate of drug-likeness (QED) is 0.489. The molecule has 6 nitrogen and oxygen atoms in total. The van der Waals surface area contributed by atoms with Crippen LogP contribution in [0.4, 0.5) is 0 Å². The average molecular weight is 452 g/mol. The van der Waals surface area contributed by atoms with E-state index in [-0.39, 0.29) is 28.8 Å². The molecule has 1 saturated heterocycles. The first-order valence-corrected chi connectivity index (χ1v) is 12.6. The number of benzene rings is 1. The molecule has 176 valence electrons. The van der Waals surface area contributed by atoms with Crippen molar-refractivity contribution in [1.29, 1.82) is 0 Å². The van der Waals surface area contributed by atoms with Gasteiger partial charge in [-0.3, -0.25) is 9.69 Å². The summed E-state index contributed by atoms with van der Waals surface area (Å²) in [7, 11) is 3.43. The molecule has 2 unspecified atom stereocenters. The molecule has 2 aliphatic heterocycles. The maximum absolute atomic E-state index is 13.4. The van der Waals surface area contributed by atoms with Gasteiger partial charge in [0, 0.05) is 30.7 Å². The third-order valence-corrected chi connectivity index (χ3v) is 9.88. The second kappa shape index (κ2) is 6.54. The van der Waals surface area contributed by atoms with Crippen molar-refractivity contribution in [1.82, 2.24) is 4.90 Å². The van der Waals surface area contributed by atoms with Gasteiger partial charge in [-0.25, -0.2) is 0 Å². The maximum Gasteiger partial charge on any atom is 0.312 e. The summed E-state index contributed by atoms with van der Waals surface area (Å²) in [6, 6.07) is 4.66. The first-order valence-electron chi connectivity index (χ1n) is 12.6. The molecule has 0 aromatic heterocycles. The largest absolute Gasteiger partial charge is 0.493 e. The number of nitrogens with zero attached hydrogens (tertiary/aromatic N) is 1. The predicted molar refractivity (Wildman–Crippen MR) is 122 cm³/mol. The summed E-state index contributed by atoms with van der Waals surface area (Å²) >= 11 is 0. The highest BCUT2D eigenvalue weighted by Gasteiger charge is 2.80. The Balaban J connectivity index is 1.47. The van der Waals surface area contributed by atoms with E-state index in [1.165, 1.54) is 30.5 Å². The van der Waals surface area contributed by atoms with Crippen molar-refractivity contribution >= 4 is 5.97 Å². The van der Waals surface area contributed by atoms with Crippen molar-refractivity contribution in [2.75, 3.05) is 33.9 Å². The van der Waals surface area contributed by atoms with Crippen LogP contribution in [0.15, 0.2) is 24.3 Å². The van der Waals surface area contributed by atoms with E-state index in [4.69, 9.17) is 18.9 Å². The molecule has 2 heterocycles. The molecule has 3 fully saturated rings. The van der Waals surface area contributed by atoms with Crippen molar-refractivity contribution in [3.8, 4) is 11.5 Å². The lowest BCUT2D eigenvalue weighted by atomic mass is 9.37. The lowest BCUT2D eigenvalue weighted by molar-refractivity contribution is -0.223. The second-order valence-corrected chi connectivity index (χ2v) is 10.9. The summed E-state index contributed by atoms with van der Waals surface area (Å²) in [5.74, 6) is 1.94. The molecule has 0 N–H and O–H groups in total. The molecule has 33 heavy (non-hydrogen) atoms. The number of fused-ring (bicyclic) bond motifs is 1. The fraction of sp³-hybridized carbons (Fsp3) is 0.667. The van der Waals surface area contributed by atoms with Crippen LogP contribution in [0.1, 0.15) is 43.7 Å². The number of piperidine rings is 1. The molecule has 6 heteroatoms. The Morgan fingerprint density at radius 3 is 2.82 bits per heavy atom. The SMILES string of the molecule is CCOC(=O)[C@H]1C[C@@]23C=C[C@]1(OC)[C@@H]1Oc4c(OC)ccc5c4C12CCN(CC1CC1)C3C5. The number of likely N-dealkylation sites (tertiary alicyclic amines) is 1. The van der Waals surface area contributed by atoms with Crippen LogP contribution < -0.4 is 9.47 Å². The Labute approximate surface area is 195 Å². The van der Waals surface area contributed by atoms with Gasteiger partial charge in [0.15, 0.2) is 11.5 Å². The number of hydrogen-bond donors (Lipinski definition) is 0. The fourth-order valence-electron chi connectivity index (χ4n) is 8.44. The highest BCUT2D eigenvalue weighted by Crippen LogP contribution is 2.74. The van der Waals surface area contributed by atoms with Crippen LogP contribution in [0.25, 0.3) is 0 Å². The zero-order valence-electron chi connectivity index (χ0n) is 19.8. The topological polar surface area (TPSA) is 57.2 Å². The van der Waals surface area contributed by atoms with Crippen LogP contribution >= 0.6 is 0 Å². The van der Waals surface area contributed by atoms with Gasteiger partial charge in [0.2, 0.25) is 0 Å². The summed E-state index contributed by atoms with van der Waals surface area (Å²) in [6.45, 7) is 4.48. The van der Waals surface area contributed by atoms with E-state index < -0.39 is 5.60 Å². The molecule has 5 aliphatic carbocycles. The van der Waals surface area contributed by atoms with Crippen LogP contribution in [-0.2, 0) is 26.1 Å². The molecule has 1 aromatic rings. The van der Waals surface area contributed by atoms with Crippen LogP contribution in [-0.4, -0.2) is 62.5 Å². The number of esters is 1. The zero-order chi connectivity index (χ0) is 22.6. The standard InChI is InChI=1S/C27H33NO5/c1-4-32-23(29)18-14-25-9-10-27(18,31-3)24-26(25)11-12-28(15-16-5-6-16)20(25)13-17-7-8-19(30-2)22(33-24)21(17)26/h7-10,16,18,20,24H,4-6,11-15H2,1-3H3/t18-,20?,24-,25-,26?,27-/m1/s1. The molecule has 4 bridgehead atoms. The van der Waals surface area contributed by atoms with Gasteiger partial charge in [0.25, 0.3) is 0 Å². The van der Waals surface area contributed by atoms with Crippen LogP contribution in [0.3, 0.4) is 0 Å². The minimum atomic E-state index is -0.837. The van der Waals surface area contributed by atoms with Gasteiger partial charge in [-0.1, -0.05) is 18.2 Å². The molecular formula is C27H33NO5. The molecule has 2 saturated carbocycles. The zero-order valence-corrected chi connectivity index (χ0v) is 19.8. The fourth-order valence-corrected chi connectivity index (χ4v) is 8.44. The number of rotatable bonds is 6. The lowest BCUT2D eigenvalue weighted by Gasteiger charge is -2.70. The summed E-state index contributed by atoms with van der Waals surface area (Å²) in [4.78, 5) is 16.1. The van der Waals surface area contributed by atoms with Gasteiger partial charge in [-0.2, -0.15) is 0 Å². The van der Waals surface area contributed by atoms with E-state index in [9.17, 15) is 4.79 Å². The van der Waals surface area contributed by atoms with Gasteiger partial charge in [-0.05, 0) is 63.1 Å². The van der Waals surface area contributed by atoms with Gasteiger partial charge in [0.05, 0.1) is 25.0 Å². The van der Waals surface area contributed by atoms with Gasteiger partial charge < -0.3 is 18.9 Å². The van der Waals surface area contributed by atoms with E-state index in [1.807, 2.05) is 6.92 Å². The molecule has 0 radical (unpaired) electrons. The molecule has 1 aromatic carbocycles. The molecule has 7 aliphatic rings. The molecular weight excluding hydrogens is 418 g/mol. The van der Waals surface area contributed by atoms with Crippen LogP contribution in [0.2, 0.25) is 0 Å². The van der Waals surface area contributed by atoms with Gasteiger partial charge in [0.1, 0.15) is 11.7 Å². The van der Waals surface area contributed by atoms with E-state index in [0.29, 0.717) is 12.6 Å². The monoisotopic (exact) mass is 451 g/mol. The number of carbonyl (C=O) groups excluding carboxylic acids is 1. The first-order chi connectivity index (χ1) is 16.0. The smallest absolute Gasteiger partial charge is 0.312 e. The normalized spacial score (nSPS) is 41.5. The van der Waals surface area contributed by atoms with Crippen molar-refractivity contribution in [3.63, 3.8) is 0 Å². The van der Waals surface area contributed by atoms with Crippen molar-refractivity contribution in [3.05, 3.63) is 35.4 Å². The summed E-state index contributed by atoms with van der Waals surface area (Å²) in [5.41, 5.74) is 1.48. The molecule has 0 amide bonds. The molecule has 2 spiro atoms. The number of methoxy groups -OCH3 is 2. The van der Waals surface area contributed by atoms with Gasteiger partial charge >= 0.3 is 5.97 Å². The lowest BCUT2D eigenvalue weighted by Crippen LogP contribution is -2.80. The Morgan fingerprint density at radius 1 is 1.24 bits per heavy atom. The summed E-state index contributed by atoms with van der Waals surface area (Å²) in [5, 5.41) is 0. The Morgan fingerprint density at radius 2 is 2.09 bits per heavy atom. The Bertz CT molecular complexity index is 1060. The summed E-state index contributed by atoms with van der Waals surface area (Å²) in [6.07, 6.45) is 9.76. The number of ether oxygens (including phenoxy) is 4. The molecule has 8 rings (SSSR count). The van der Waals surface area contributed by atoms with E-state index in [1.54, 1.807) is 14.2 Å². The molecule has 6 atom stereocenters. The van der Waals surface area contributed by atoms with E-state index in [0.717, 1.165) is 43.2 Å². The highest BCUT2D eigenvalue weighted by atomic mass is 16.6. The van der Waals surface area contributed by atoms with Crippen LogP contribution in [0.5, 0.6) is 11.5 Å². The average Bonchev–Trinajstić information content (AvgIpc) is 3.57. The summed E-state index contributed by atoms with van der Waals surface area (Å²) < 4.78 is 24.6. The first kappa shape index (κ1) is 20.3. The Hall–Kier alpha value is -2.05. The van der Waals surface area contributed by atoms with Crippen molar-refractivity contribution < 1.29 is 23.7 Å². The second-order valence-electron chi connectivity index (χ2n) is 10.9. The van der Waals surface area contributed by atoms with Crippen molar-refractivity contribution in [2.45, 2.75) is 62.2 Å². The number of hydrogen-bond acceptors (Lipinski definition) is 6. The minimum absolute atomic E-state index is 0.165. The maximum atomic E-state index is 13.4. The third kappa shape index (κ3) is 2.21. The van der Waals surface area contributed by atoms with Gasteiger partial charge in [-0.15, -0.1) is 0 Å². The number of carbonyl (C=O) groups is 1. The minimum Gasteiger partial charge on any atom is -0.493 e. The van der Waals surface area contributed by atoms with E-state index >= 15 is 0 Å². The predicted octanol–water partition coefficient (Wildman–Crippen LogP) is 3.26.